The van der Waals surface area contributed by atoms with Crippen LogP contribution in [0.4, 0.5) is 0 Å². The van der Waals surface area contributed by atoms with Gasteiger partial charge in [0.25, 0.3) is 0 Å². The summed E-state index contributed by atoms with van der Waals surface area (Å²) in [4.78, 5) is 28.9. The number of carboxylic acids is 1. The van der Waals surface area contributed by atoms with Crippen LogP contribution in [-0.4, -0.2) is 31.7 Å². The van der Waals surface area contributed by atoms with Crippen LogP contribution in [0.3, 0.4) is 0 Å². The molecule has 0 saturated heterocycles. The minimum Gasteiger partial charge on any atom is -0.476 e. The Morgan fingerprint density at radius 2 is 2.36 bits per heavy atom. The third-order valence-corrected chi connectivity index (χ3v) is 1.75. The van der Waals surface area contributed by atoms with Gasteiger partial charge in [0.2, 0.25) is 5.78 Å². The maximum absolute atomic E-state index is 10.7. The van der Waals surface area contributed by atoms with Crippen molar-refractivity contribution in [3.05, 3.63) is 29.8 Å². The molecule has 0 saturated carbocycles. The van der Waals surface area contributed by atoms with Crippen LogP contribution in [0, 0.1) is 0 Å². The first-order valence-corrected chi connectivity index (χ1v) is 3.75. The highest BCUT2D eigenvalue weighted by Gasteiger charge is 2.17. The fourth-order valence-corrected chi connectivity index (χ4v) is 1.18. The normalized spacial score (nSPS) is 10.3. The minimum atomic E-state index is -1.24. The number of carboxylic acid groups (broad SMARTS) is 1. The number of aromatic nitrogens is 3. The summed E-state index contributed by atoms with van der Waals surface area (Å²) in [5, 5.41) is 8.74. The van der Waals surface area contributed by atoms with Crippen molar-refractivity contribution in [2.75, 3.05) is 0 Å². The van der Waals surface area contributed by atoms with Gasteiger partial charge >= 0.3 is 5.97 Å². The van der Waals surface area contributed by atoms with Crippen molar-refractivity contribution in [2.45, 2.75) is 0 Å². The molecule has 0 atom stereocenters. The number of nitrogens with zero attached hydrogens (tertiary/aromatic N) is 3. The molecule has 6 heteroatoms. The van der Waals surface area contributed by atoms with E-state index >= 15 is 0 Å². The van der Waals surface area contributed by atoms with Gasteiger partial charge in [-0.05, 0) is 6.07 Å². The van der Waals surface area contributed by atoms with Gasteiger partial charge in [-0.25, -0.2) is 14.8 Å². The summed E-state index contributed by atoms with van der Waals surface area (Å²) in [6, 6.07) is 1.59. The van der Waals surface area contributed by atoms with Gasteiger partial charge < -0.3 is 5.11 Å². The van der Waals surface area contributed by atoms with Gasteiger partial charge in [0.15, 0.2) is 12.0 Å². The molecule has 0 bridgehead atoms. The van der Waals surface area contributed by atoms with Crippen LogP contribution in [0.25, 0.3) is 5.78 Å². The Morgan fingerprint density at radius 3 is 3.00 bits per heavy atom. The molecule has 0 radical (unpaired) electrons. The highest BCUT2D eigenvalue weighted by Crippen LogP contribution is 2.08. The van der Waals surface area contributed by atoms with Crippen LogP contribution in [0.15, 0.2) is 18.5 Å². The van der Waals surface area contributed by atoms with E-state index in [0.29, 0.717) is 6.29 Å². The van der Waals surface area contributed by atoms with E-state index in [4.69, 9.17) is 5.11 Å². The third-order valence-electron chi connectivity index (χ3n) is 1.75. The van der Waals surface area contributed by atoms with Crippen LogP contribution in [-0.2, 0) is 0 Å². The highest BCUT2D eigenvalue weighted by molar-refractivity contribution is 5.95. The lowest BCUT2D eigenvalue weighted by Gasteiger charge is -1.91. The summed E-state index contributed by atoms with van der Waals surface area (Å²) in [5.41, 5.74) is -0.278. The average molecular weight is 191 g/mol. The quantitative estimate of drug-likeness (QED) is 0.687. The first kappa shape index (κ1) is 8.36. The topological polar surface area (TPSA) is 84.6 Å². The molecule has 70 valence electrons. The molecule has 6 nitrogen and oxygen atoms in total. The maximum Gasteiger partial charge on any atom is 0.356 e. The monoisotopic (exact) mass is 191 g/mol. The zero-order valence-electron chi connectivity index (χ0n) is 6.91. The summed E-state index contributed by atoms with van der Waals surface area (Å²) < 4.78 is 1.33. The van der Waals surface area contributed by atoms with Gasteiger partial charge in [-0.3, -0.25) is 9.20 Å². The largest absolute Gasteiger partial charge is 0.476 e. The van der Waals surface area contributed by atoms with Crippen molar-refractivity contribution in [1.82, 2.24) is 14.4 Å². The molecule has 0 spiro atoms. The van der Waals surface area contributed by atoms with Gasteiger partial charge in [-0.15, -0.1) is 0 Å². The van der Waals surface area contributed by atoms with Crippen molar-refractivity contribution >= 4 is 18.0 Å². The molecule has 0 aromatic carbocycles. The Labute approximate surface area is 77.8 Å². The van der Waals surface area contributed by atoms with Gasteiger partial charge in [0.05, 0.1) is 0 Å². The summed E-state index contributed by atoms with van der Waals surface area (Å²) in [7, 11) is 0. The SMILES string of the molecule is O=Cc1c(C(=O)O)nc2ncccn12. The molecule has 2 heterocycles. The molecule has 2 aromatic heterocycles. The fraction of sp³-hybridized carbons (Fsp3) is 0. The van der Waals surface area contributed by atoms with Crippen LogP contribution >= 0.6 is 0 Å². The van der Waals surface area contributed by atoms with Gasteiger partial charge in [0, 0.05) is 12.4 Å². The first-order valence-electron chi connectivity index (χ1n) is 3.75. The molecule has 0 fully saturated rings. The highest BCUT2D eigenvalue weighted by atomic mass is 16.4. The Kier molecular flexibility index (Phi) is 1.74. The van der Waals surface area contributed by atoms with E-state index < -0.39 is 5.97 Å². The lowest BCUT2D eigenvalue weighted by Crippen LogP contribution is -2.02. The van der Waals surface area contributed by atoms with E-state index in [1.165, 1.54) is 16.8 Å². The number of carbonyl (C=O) groups excluding carboxylic acids is 1. The predicted molar refractivity (Wildman–Crippen MR) is 45.3 cm³/mol. The number of hydrogen-bond donors (Lipinski definition) is 1. The molecule has 14 heavy (non-hydrogen) atoms. The molecule has 2 aromatic rings. The second kappa shape index (κ2) is 2.91. The van der Waals surface area contributed by atoms with E-state index in [9.17, 15) is 9.59 Å². The second-order valence-corrected chi connectivity index (χ2v) is 2.56. The van der Waals surface area contributed by atoms with Crippen molar-refractivity contribution < 1.29 is 14.7 Å². The molecule has 2 rings (SSSR count). The molecule has 1 N–H and O–H groups in total. The molecule has 0 aliphatic heterocycles. The molecule has 0 aliphatic rings. The molecular formula is C8H5N3O3. The van der Waals surface area contributed by atoms with E-state index in [-0.39, 0.29) is 17.2 Å². The van der Waals surface area contributed by atoms with E-state index in [1.807, 2.05) is 0 Å². The number of rotatable bonds is 2. The summed E-state index contributed by atoms with van der Waals surface area (Å²) in [6.45, 7) is 0. The standard InChI is InChI=1S/C8H5N3O3/c12-4-5-6(7(13)14)10-8-9-2-1-3-11(5)8/h1-4H,(H,13,14). The second-order valence-electron chi connectivity index (χ2n) is 2.56. The Bertz CT molecular complexity index is 518. The number of aromatic carboxylic acids is 1. The van der Waals surface area contributed by atoms with E-state index in [0.717, 1.165) is 0 Å². The van der Waals surface area contributed by atoms with Crippen LogP contribution < -0.4 is 0 Å². The molecule has 0 amide bonds. The smallest absolute Gasteiger partial charge is 0.356 e. The fourth-order valence-electron chi connectivity index (χ4n) is 1.18. The van der Waals surface area contributed by atoms with Gasteiger partial charge in [-0.1, -0.05) is 0 Å². The molecule has 0 unspecified atom stereocenters. The molecular weight excluding hydrogens is 186 g/mol. The van der Waals surface area contributed by atoms with E-state index in [1.54, 1.807) is 6.07 Å². The van der Waals surface area contributed by atoms with Crippen molar-refractivity contribution in [1.29, 1.82) is 0 Å². The third kappa shape index (κ3) is 1.05. The van der Waals surface area contributed by atoms with E-state index in [2.05, 4.69) is 9.97 Å². The zero-order chi connectivity index (χ0) is 10.1. The Morgan fingerprint density at radius 1 is 1.57 bits per heavy atom. The minimum absolute atomic E-state index is 0.000556. The molecule has 0 aliphatic carbocycles. The van der Waals surface area contributed by atoms with Crippen LogP contribution in [0.2, 0.25) is 0 Å². The number of aldehydes is 1. The summed E-state index contributed by atoms with van der Waals surface area (Å²) in [6.07, 6.45) is 3.46. The van der Waals surface area contributed by atoms with Crippen LogP contribution in [0.5, 0.6) is 0 Å². The lowest BCUT2D eigenvalue weighted by atomic mass is 10.3. The lowest BCUT2D eigenvalue weighted by molar-refractivity contribution is 0.0688. The Balaban J connectivity index is 2.85. The van der Waals surface area contributed by atoms with Crippen molar-refractivity contribution in [3.63, 3.8) is 0 Å². The number of imidazole rings is 1. The number of carbonyl (C=O) groups is 2. The van der Waals surface area contributed by atoms with Crippen molar-refractivity contribution in [3.8, 4) is 0 Å². The number of hydrogen-bond acceptors (Lipinski definition) is 4. The van der Waals surface area contributed by atoms with Crippen molar-refractivity contribution in [2.24, 2.45) is 0 Å². The van der Waals surface area contributed by atoms with Crippen LogP contribution in [0.1, 0.15) is 21.0 Å². The Hall–Kier alpha value is -2.24. The van der Waals surface area contributed by atoms with Gasteiger partial charge in [-0.2, -0.15) is 0 Å². The first-order chi connectivity index (χ1) is 6.74. The summed E-state index contributed by atoms with van der Waals surface area (Å²) >= 11 is 0. The summed E-state index contributed by atoms with van der Waals surface area (Å²) in [5.74, 6) is -1.04. The number of fused-ring (bicyclic) bond motifs is 1. The zero-order valence-corrected chi connectivity index (χ0v) is 6.91. The van der Waals surface area contributed by atoms with Gasteiger partial charge in [0.1, 0.15) is 5.69 Å². The average Bonchev–Trinajstić information content (AvgIpc) is 2.56. The maximum atomic E-state index is 10.7. The predicted octanol–water partition coefficient (Wildman–Crippen LogP) is 0.240.